The molecule has 1 fully saturated rings. The van der Waals surface area contributed by atoms with Gasteiger partial charge in [0, 0.05) is 53.6 Å². The number of benzene rings is 2. The zero-order valence-corrected chi connectivity index (χ0v) is 14.6. The molecule has 1 saturated heterocycles. The first-order chi connectivity index (χ1) is 12.6. The Morgan fingerprint density at radius 3 is 2.69 bits per heavy atom. The molecule has 26 heavy (non-hydrogen) atoms. The minimum Gasteiger partial charge on any atom is -0.456 e. The van der Waals surface area contributed by atoms with Crippen molar-refractivity contribution in [1.29, 1.82) is 0 Å². The van der Waals surface area contributed by atoms with Crippen LogP contribution in [0, 0.1) is 0 Å². The third-order valence-electron chi connectivity index (χ3n) is 4.83. The number of carbonyl (C=O) groups excluding carboxylic acids is 2. The SMILES string of the molecule is CCNC(=O)c1ccc2c(c1)oc1cc(N3CC[C@H](N)CC3=O)ccc12. The van der Waals surface area contributed by atoms with Crippen LogP contribution >= 0.6 is 0 Å². The predicted octanol–water partition coefficient (Wildman–Crippen LogP) is 2.79. The van der Waals surface area contributed by atoms with Crippen molar-refractivity contribution >= 4 is 39.4 Å². The second kappa shape index (κ2) is 6.46. The van der Waals surface area contributed by atoms with Gasteiger partial charge in [0.05, 0.1) is 0 Å². The minimum atomic E-state index is -0.120. The summed E-state index contributed by atoms with van der Waals surface area (Å²) in [7, 11) is 0. The van der Waals surface area contributed by atoms with Crippen molar-refractivity contribution in [3.8, 4) is 0 Å². The van der Waals surface area contributed by atoms with Crippen LogP contribution < -0.4 is 16.0 Å². The van der Waals surface area contributed by atoms with Gasteiger partial charge in [0.1, 0.15) is 11.2 Å². The van der Waals surface area contributed by atoms with Crippen molar-refractivity contribution in [1.82, 2.24) is 5.32 Å². The van der Waals surface area contributed by atoms with Gasteiger partial charge in [0.15, 0.2) is 0 Å². The average molecular weight is 351 g/mol. The highest BCUT2D eigenvalue weighted by molar-refractivity contribution is 6.08. The predicted molar refractivity (Wildman–Crippen MR) is 101 cm³/mol. The van der Waals surface area contributed by atoms with Gasteiger partial charge < -0.3 is 20.4 Å². The van der Waals surface area contributed by atoms with Crippen molar-refractivity contribution in [2.75, 3.05) is 18.0 Å². The molecule has 2 heterocycles. The Kier molecular flexibility index (Phi) is 4.12. The van der Waals surface area contributed by atoms with Gasteiger partial charge in [-0.1, -0.05) is 0 Å². The van der Waals surface area contributed by atoms with E-state index in [4.69, 9.17) is 10.2 Å². The molecule has 0 radical (unpaired) electrons. The summed E-state index contributed by atoms with van der Waals surface area (Å²) in [5, 5.41) is 4.70. The lowest BCUT2D eigenvalue weighted by molar-refractivity contribution is -0.119. The van der Waals surface area contributed by atoms with Crippen molar-refractivity contribution < 1.29 is 14.0 Å². The lowest BCUT2D eigenvalue weighted by Gasteiger charge is -2.29. The van der Waals surface area contributed by atoms with E-state index in [1.807, 2.05) is 31.2 Å². The molecule has 3 aromatic rings. The number of amides is 2. The topological polar surface area (TPSA) is 88.6 Å². The monoisotopic (exact) mass is 351 g/mol. The van der Waals surface area contributed by atoms with Crippen molar-refractivity contribution in [2.24, 2.45) is 5.73 Å². The zero-order valence-electron chi connectivity index (χ0n) is 14.6. The fourth-order valence-corrected chi connectivity index (χ4v) is 3.47. The molecule has 2 aromatic carbocycles. The number of anilines is 1. The fraction of sp³-hybridized carbons (Fsp3) is 0.300. The Balaban J connectivity index is 1.73. The van der Waals surface area contributed by atoms with Gasteiger partial charge in [-0.15, -0.1) is 0 Å². The van der Waals surface area contributed by atoms with Crippen LogP contribution in [-0.4, -0.2) is 30.9 Å². The van der Waals surface area contributed by atoms with Crippen LogP contribution in [0.2, 0.25) is 0 Å². The third-order valence-corrected chi connectivity index (χ3v) is 4.83. The van der Waals surface area contributed by atoms with Gasteiger partial charge >= 0.3 is 0 Å². The number of hydrogen-bond donors (Lipinski definition) is 2. The molecular weight excluding hydrogens is 330 g/mol. The number of fused-ring (bicyclic) bond motifs is 3. The Bertz CT molecular complexity index is 1010. The molecule has 4 rings (SSSR count). The zero-order chi connectivity index (χ0) is 18.3. The first-order valence-corrected chi connectivity index (χ1v) is 8.87. The molecule has 1 aromatic heterocycles. The molecule has 134 valence electrons. The van der Waals surface area contributed by atoms with Crippen molar-refractivity contribution in [2.45, 2.75) is 25.8 Å². The number of furan rings is 1. The van der Waals surface area contributed by atoms with Crippen LogP contribution in [0.1, 0.15) is 30.1 Å². The minimum absolute atomic E-state index is 0.0396. The summed E-state index contributed by atoms with van der Waals surface area (Å²) in [6.45, 7) is 3.08. The van der Waals surface area contributed by atoms with Gasteiger partial charge in [0.2, 0.25) is 5.91 Å². The summed E-state index contributed by atoms with van der Waals surface area (Å²) in [5.41, 5.74) is 8.62. The summed E-state index contributed by atoms with van der Waals surface area (Å²) < 4.78 is 5.97. The second-order valence-corrected chi connectivity index (χ2v) is 6.65. The molecule has 0 unspecified atom stereocenters. The highest BCUT2D eigenvalue weighted by Gasteiger charge is 2.25. The number of nitrogens with zero attached hydrogens (tertiary/aromatic N) is 1. The van der Waals surface area contributed by atoms with Crippen LogP contribution in [0.4, 0.5) is 5.69 Å². The number of nitrogens with two attached hydrogens (primary N) is 1. The quantitative estimate of drug-likeness (QED) is 0.759. The van der Waals surface area contributed by atoms with Gasteiger partial charge in [-0.25, -0.2) is 0 Å². The van der Waals surface area contributed by atoms with E-state index >= 15 is 0 Å². The molecule has 0 aliphatic carbocycles. The molecule has 2 amide bonds. The molecule has 1 atom stereocenters. The average Bonchev–Trinajstić information content (AvgIpc) is 2.98. The van der Waals surface area contributed by atoms with Crippen molar-refractivity contribution in [3.63, 3.8) is 0 Å². The molecule has 0 bridgehead atoms. The standard InChI is InChI=1S/C20H21N3O3/c1-2-22-20(25)12-3-5-15-16-6-4-14(11-18(16)26-17(15)9-12)23-8-7-13(21)10-19(23)24/h3-6,9,11,13H,2,7-8,10,21H2,1H3,(H,22,25)/t13-/m0/s1. The molecule has 0 saturated carbocycles. The Hall–Kier alpha value is -2.86. The maximum atomic E-state index is 12.3. The van der Waals surface area contributed by atoms with Crippen LogP contribution in [0.5, 0.6) is 0 Å². The molecule has 3 N–H and O–H groups in total. The lowest BCUT2D eigenvalue weighted by Crippen LogP contribution is -2.43. The number of piperidine rings is 1. The van der Waals surface area contributed by atoms with E-state index < -0.39 is 0 Å². The largest absolute Gasteiger partial charge is 0.456 e. The smallest absolute Gasteiger partial charge is 0.251 e. The fourth-order valence-electron chi connectivity index (χ4n) is 3.47. The molecule has 0 spiro atoms. The second-order valence-electron chi connectivity index (χ2n) is 6.65. The summed E-state index contributed by atoms with van der Waals surface area (Å²) in [4.78, 5) is 26.0. The Morgan fingerprint density at radius 2 is 1.96 bits per heavy atom. The lowest BCUT2D eigenvalue weighted by atomic mass is 10.0. The third kappa shape index (κ3) is 2.82. The van der Waals surface area contributed by atoms with Crippen LogP contribution in [-0.2, 0) is 4.79 Å². The highest BCUT2D eigenvalue weighted by Crippen LogP contribution is 2.33. The van der Waals surface area contributed by atoms with E-state index in [0.717, 1.165) is 22.9 Å². The molecular formula is C20H21N3O3. The van der Waals surface area contributed by atoms with Gasteiger partial charge in [-0.2, -0.15) is 0 Å². The highest BCUT2D eigenvalue weighted by atomic mass is 16.3. The first kappa shape index (κ1) is 16.6. The summed E-state index contributed by atoms with van der Waals surface area (Å²) >= 11 is 0. The summed E-state index contributed by atoms with van der Waals surface area (Å²) in [6.07, 6.45) is 1.16. The van der Waals surface area contributed by atoms with E-state index in [1.165, 1.54) is 0 Å². The normalized spacial score (nSPS) is 17.8. The van der Waals surface area contributed by atoms with E-state index in [2.05, 4.69) is 5.32 Å². The molecule has 1 aliphatic heterocycles. The van der Waals surface area contributed by atoms with Crippen molar-refractivity contribution in [3.05, 3.63) is 42.0 Å². The molecule has 6 nitrogen and oxygen atoms in total. The van der Waals surface area contributed by atoms with Crippen LogP contribution in [0.25, 0.3) is 21.9 Å². The van der Waals surface area contributed by atoms with E-state index in [-0.39, 0.29) is 17.9 Å². The Labute approximate surface area is 150 Å². The molecule has 6 heteroatoms. The van der Waals surface area contributed by atoms with E-state index in [0.29, 0.717) is 36.2 Å². The number of nitrogens with one attached hydrogen (secondary N) is 1. The van der Waals surface area contributed by atoms with Crippen LogP contribution in [0.15, 0.2) is 40.8 Å². The number of hydrogen-bond acceptors (Lipinski definition) is 4. The number of carbonyl (C=O) groups is 2. The van der Waals surface area contributed by atoms with Crippen LogP contribution in [0.3, 0.4) is 0 Å². The van der Waals surface area contributed by atoms with E-state index in [1.54, 1.807) is 17.0 Å². The molecule has 1 aliphatic rings. The van der Waals surface area contributed by atoms with Gasteiger partial charge in [-0.05, 0) is 43.7 Å². The van der Waals surface area contributed by atoms with Gasteiger partial charge in [0.25, 0.3) is 5.91 Å². The number of rotatable bonds is 3. The van der Waals surface area contributed by atoms with Gasteiger partial charge in [-0.3, -0.25) is 9.59 Å². The first-order valence-electron chi connectivity index (χ1n) is 8.87. The van der Waals surface area contributed by atoms with E-state index in [9.17, 15) is 9.59 Å². The summed E-state index contributed by atoms with van der Waals surface area (Å²) in [6, 6.07) is 11.2. The maximum Gasteiger partial charge on any atom is 0.251 e. The maximum absolute atomic E-state index is 12.3. The summed E-state index contributed by atoms with van der Waals surface area (Å²) in [5.74, 6) is -0.0801. The Morgan fingerprint density at radius 1 is 1.23 bits per heavy atom.